The van der Waals surface area contributed by atoms with Crippen LogP contribution in [0.25, 0.3) is 0 Å². The van der Waals surface area contributed by atoms with Gasteiger partial charge in [0.2, 0.25) is 5.91 Å². The molecular formula is C9H12N4O3S. The first-order valence-electron chi connectivity index (χ1n) is 4.74. The quantitative estimate of drug-likeness (QED) is 0.445. The minimum atomic E-state index is -1.15. The van der Waals surface area contributed by atoms with Crippen LogP contribution >= 0.6 is 11.8 Å². The molecule has 0 aromatic carbocycles. The van der Waals surface area contributed by atoms with Crippen molar-refractivity contribution >= 4 is 23.6 Å². The van der Waals surface area contributed by atoms with Crippen LogP contribution in [0.2, 0.25) is 0 Å². The summed E-state index contributed by atoms with van der Waals surface area (Å²) < 4.78 is 0. The monoisotopic (exact) mass is 256 g/mol. The number of carboxylic acids is 1. The Morgan fingerprint density at radius 2 is 2.12 bits per heavy atom. The van der Waals surface area contributed by atoms with Crippen molar-refractivity contribution in [2.75, 3.05) is 12.3 Å². The van der Waals surface area contributed by atoms with Crippen molar-refractivity contribution < 1.29 is 14.7 Å². The molecule has 0 radical (unpaired) electrons. The van der Waals surface area contributed by atoms with Gasteiger partial charge in [-0.3, -0.25) is 9.59 Å². The zero-order valence-corrected chi connectivity index (χ0v) is 9.68. The number of rotatable bonds is 6. The zero-order chi connectivity index (χ0) is 12.7. The van der Waals surface area contributed by atoms with Crippen molar-refractivity contribution in [2.24, 2.45) is 5.73 Å². The van der Waals surface area contributed by atoms with Gasteiger partial charge >= 0.3 is 5.97 Å². The highest BCUT2D eigenvalue weighted by atomic mass is 32.2. The van der Waals surface area contributed by atoms with Gasteiger partial charge in [-0.1, -0.05) is 11.8 Å². The summed E-state index contributed by atoms with van der Waals surface area (Å²) in [6, 6.07) is 0.590. The van der Waals surface area contributed by atoms with Gasteiger partial charge < -0.3 is 16.2 Å². The van der Waals surface area contributed by atoms with Gasteiger partial charge in [0, 0.05) is 18.9 Å². The van der Waals surface area contributed by atoms with Crippen molar-refractivity contribution in [3.8, 4) is 0 Å². The average molecular weight is 256 g/mol. The Morgan fingerprint density at radius 3 is 2.71 bits per heavy atom. The number of carboxylic acid groups (broad SMARTS) is 1. The molecule has 0 bridgehead atoms. The first kappa shape index (κ1) is 13.4. The zero-order valence-electron chi connectivity index (χ0n) is 8.87. The molecule has 17 heavy (non-hydrogen) atoms. The Morgan fingerprint density at radius 1 is 1.47 bits per heavy atom. The van der Waals surface area contributed by atoms with Gasteiger partial charge in [0.1, 0.15) is 6.04 Å². The smallest absolute Gasteiger partial charge is 0.322 e. The summed E-state index contributed by atoms with van der Waals surface area (Å²) in [6.45, 7) is -0.0929. The highest BCUT2D eigenvalue weighted by Crippen LogP contribution is 2.09. The van der Waals surface area contributed by atoms with E-state index in [1.165, 1.54) is 11.8 Å². The minimum absolute atomic E-state index is 0.0929. The number of hydrogen-bond donors (Lipinski definition) is 3. The first-order chi connectivity index (χ1) is 8.09. The standard InChI is InChI=1S/C9H12N4O3S/c10-6(8(15)16)4-13-7(14)5-17-9-11-2-1-3-12-9/h1-3,6H,4-5,10H2,(H,13,14)(H,15,16)/t6-/m0/s1. The molecule has 1 aromatic heterocycles. The Kier molecular flexibility index (Phi) is 5.37. The molecule has 0 unspecified atom stereocenters. The molecule has 92 valence electrons. The van der Waals surface area contributed by atoms with Crippen molar-refractivity contribution in [2.45, 2.75) is 11.2 Å². The summed E-state index contributed by atoms with van der Waals surface area (Å²) in [5.41, 5.74) is 5.23. The molecule has 1 aromatic rings. The Bertz CT molecular complexity index is 387. The van der Waals surface area contributed by atoms with E-state index in [1.807, 2.05) is 0 Å². The summed E-state index contributed by atoms with van der Waals surface area (Å²) in [4.78, 5) is 29.6. The molecule has 0 aliphatic carbocycles. The van der Waals surface area contributed by atoms with Gasteiger partial charge in [0.25, 0.3) is 0 Å². The average Bonchev–Trinajstić information content (AvgIpc) is 2.34. The van der Waals surface area contributed by atoms with Crippen molar-refractivity contribution in [1.82, 2.24) is 15.3 Å². The molecule has 1 atom stereocenters. The summed E-state index contributed by atoms with van der Waals surface area (Å²) in [7, 11) is 0. The summed E-state index contributed by atoms with van der Waals surface area (Å²) >= 11 is 1.17. The lowest BCUT2D eigenvalue weighted by Crippen LogP contribution is -2.42. The Hall–Kier alpha value is -1.67. The summed E-state index contributed by atoms with van der Waals surface area (Å²) in [5.74, 6) is -1.33. The maximum Gasteiger partial charge on any atom is 0.322 e. The maximum absolute atomic E-state index is 11.3. The fourth-order valence-electron chi connectivity index (χ4n) is 0.852. The topological polar surface area (TPSA) is 118 Å². The number of nitrogens with one attached hydrogen (secondary N) is 1. The second-order valence-corrected chi connectivity index (χ2v) is 4.01. The molecule has 1 rings (SSSR count). The maximum atomic E-state index is 11.3. The van der Waals surface area contributed by atoms with Crippen molar-refractivity contribution in [3.05, 3.63) is 18.5 Å². The molecule has 8 heteroatoms. The Balaban J connectivity index is 2.24. The molecule has 0 aliphatic rings. The van der Waals surface area contributed by atoms with Gasteiger partial charge in [-0.25, -0.2) is 9.97 Å². The largest absolute Gasteiger partial charge is 0.480 e. The third kappa shape index (κ3) is 5.27. The molecule has 7 nitrogen and oxygen atoms in total. The van der Waals surface area contributed by atoms with Crippen LogP contribution in [0.5, 0.6) is 0 Å². The van der Waals surface area contributed by atoms with E-state index >= 15 is 0 Å². The van der Waals surface area contributed by atoms with Gasteiger partial charge in [-0.15, -0.1) is 0 Å². The van der Waals surface area contributed by atoms with E-state index in [2.05, 4.69) is 15.3 Å². The normalized spacial score (nSPS) is 11.8. The van der Waals surface area contributed by atoms with E-state index in [0.29, 0.717) is 5.16 Å². The SMILES string of the molecule is N[C@@H](CNC(=O)CSc1ncccn1)C(=O)O. The predicted octanol–water partition coefficient (Wildman–Crippen LogP) is -0.903. The molecule has 0 fully saturated rings. The predicted molar refractivity (Wildman–Crippen MR) is 61.4 cm³/mol. The van der Waals surface area contributed by atoms with Crippen molar-refractivity contribution in [1.29, 1.82) is 0 Å². The lowest BCUT2D eigenvalue weighted by atomic mass is 10.3. The number of amides is 1. The molecule has 0 saturated heterocycles. The number of aromatic nitrogens is 2. The third-order valence-electron chi connectivity index (χ3n) is 1.71. The van der Waals surface area contributed by atoms with E-state index in [0.717, 1.165) is 0 Å². The second-order valence-electron chi connectivity index (χ2n) is 3.07. The summed E-state index contributed by atoms with van der Waals surface area (Å²) in [6.07, 6.45) is 3.15. The number of nitrogens with zero attached hydrogens (tertiary/aromatic N) is 2. The third-order valence-corrected chi connectivity index (χ3v) is 2.59. The van der Waals surface area contributed by atoms with Crippen LogP contribution in [-0.4, -0.2) is 45.3 Å². The number of aliphatic carboxylic acids is 1. The molecule has 0 aliphatic heterocycles. The van der Waals surface area contributed by atoms with Gasteiger partial charge in [-0.05, 0) is 6.07 Å². The van der Waals surface area contributed by atoms with Crippen LogP contribution in [0.3, 0.4) is 0 Å². The van der Waals surface area contributed by atoms with E-state index < -0.39 is 12.0 Å². The molecule has 1 amide bonds. The lowest BCUT2D eigenvalue weighted by Gasteiger charge is -2.07. The van der Waals surface area contributed by atoms with E-state index in [1.54, 1.807) is 18.5 Å². The Labute approximate surface area is 102 Å². The van der Waals surface area contributed by atoms with Crippen LogP contribution in [0.4, 0.5) is 0 Å². The highest BCUT2D eigenvalue weighted by molar-refractivity contribution is 7.99. The summed E-state index contributed by atoms with van der Waals surface area (Å²) in [5, 5.41) is 11.4. The van der Waals surface area contributed by atoms with Crippen molar-refractivity contribution in [3.63, 3.8) is 0 Å². The number of carbonyl (C=O) groups is 2. The van der Waals surface area contributed by atoms with Crippen LogP contribution in [0, 0.1) is 0 Å². The fourth-order valence-corrected chi connectivity index (χ4v) is 1.49. The molecular weight excluding hydrogens is 244 g/mol. The van der Waals surface area contributed by atoms with E-state index in [-0.39, 0.29) is 18.2 Å². The van der Waals surface area contributed by atoms with E-state index in [4.69, 9.17) is 10.8 Å². The van der Waals surface area contributed by atoms with Gasteiger partial charge in [0.15, 0.2) is 5.16 Å². The van der Waals surface area contributed by atoms with Crippen LogP contribution < -0.4 is 11.1 Å². The molecule has 1 heterocycles. The first-order valence-corrected chi connectivity index (χ1v) is 5.73. The number of nitrogens with two attached hydrogens (primary N) is 1. The van der Waals surface area contributed by atoms with Gasteiger partial charge in [-0.2, -0.15) is 0 Å². The fraction of sp³-hybridized carbons (Fsp3) is 0.333. The number of hydrogen-bond acceptors (Lipinski definition) is 6. The molecule has 0 saturated carbocycles. The number of thioether (sulfide) groups is 1. The van der Waals surface area contributed by atoms with Gasteiger partial charge in [0.05, 0.1) is 5.75 Å². The van der Waals surface area contributed by atoms with Crippen LogP contribution in [0.15, 0.2) is 23.6 Å². The van der Waals surface area contributed by atoms with Crippen LogP contribution in [0.1, 0.15) is 0 Å². The molecule has 4 N–H and O–H groups in total. The lowest BCUT2D eigenvalue weighted by molar-refractivity contribution is -0.138. The number of carbonyl (C=O) groups excluding carboxylic acids is 1. The second kappa shape index (κ2) is 6.81. The minimum Gasteiger partial charge on any atom is -0.480 e. The molecule has 0 spiro atoms. The van der Waals surface area contributed by atoms with Crippen LogP contribution in [-0.2, 0) is 9.59 Å². The van der Waals surface area contributed by atoms with E-state index in [9.17, 15) is 9.59 Å². The highest BCUT2D eigenvalue weighted by Gasteiger charge is 2.12.